The van der Waals surface area contributed by atoms with Crippen molar-refractivity contribution >= 4 is 16.9 Å². The van der Waals surface area contributed by atoms with E-state index in [2.05, 4.69) is 10.1 Å². The number of ether oxygens (including phenoxy) is 3. The van der Waals surface area contributed by atoms with E-state index in [9.17, 15) is 4.79 Å². The highest BCUT2D eigenvalue weighted by atomic mass is 16.5. The fraction of sp³-hybridized carbons (Fsp3) is 0.381. The molecule has 0 aliphatic rings. The fourth-order valence-corrected chi connectivity index (χ4v) is 3.27. The van der Waals surface area contributed by atoms with Gasteiger partial charge in [0.2, 0.25) is 5.75 Å². The van der Waals surface area contributed by atoms with Crippen molar-refractivity contribution in [3.63, 3.8) is 0 Å². The van der Waals surface area contributed by atoms with E-state index in [0.717, 1.165) is 16.6 Å². The van der Waals surface area contributed by atoms with Gasteiger partial charge in [0.25, 0.3) is 5.91 Å². The normalized spacial score (nSPS) is 11.0. The quantitative estimate of drug-likeness (QED) is 0.608. The molecule has 1 aromatic carbocycles. The lowest BCUT2D eigenvalue weighted by atomic mass is 10.1. The second-order valence-corrected chi connectivity index (χ2v) is 6.97. The summed E-state index contributed by atoms with van der Waals surface area (Å²) in [5, 5.41) is 5.19. The van der Waals surface area contributed by atoms with Crippen molar-refractivity contribution in [2.75, 3.05) is 28.4 Å². The Labute approximate surface area is 170 Å². The van der Waals surface area contributed by atoms with Gasteiger partial charge in [-0.2, -0.15) is 5.10 Å². The van der Waals surface area contributed by atoms with Gasteiger partial charge in [-0.05, 0) is 32.0 Å². The standard InChI is InChI=1S/C21H26N4O4/c1-13(2)25-20-15(11-23-25)9-16(10-22-20)21(26)24(3)12-14-7-8-17(27-4)19(29-6)18(14)28-5/h7-11,13H,12H2,1-6H3. The summed E-state index contributed by atoms with van der Waals surface area (Å²) >= 11 is 0. The number of aromatic nitrogens is 3. The number of hydrogen-bond donors (Lipinski definition) is 0. The minimum atomic E-state index is -0.145. The topological polar surface area (TPSA) is 78.7 Å². The van der Waals surface area contributed by atoms with Gasteiger partial charge in [0.1, 0.15) is 0 Å². The molecule has 0 unspecified atom stereocenters. The summed E-state index contributed by atoms with van der Waals surface area (Å²) in [6.45, 7) is 4.42. The summed E-state index contributed by atoms with van der Waals surface area (Å²) in [6, 6.07) is 5.67. The largest absolute Gasteiger partial charge is 0.493 e. The van der Waals surface area contributed by atoms with Gasteiger partial charge in [0, 0.05) is 36.8 Å². The van der Waals surface area contributed by atoms with Crippen LogP contribution in [0.1, 0.15) is 35.8 Å². The summed E-state index contributed by atoms with van der Waals surface area (Å²) in [5.41, 5.74) is 2.08. The summed E-state index contributed by atoms with van der Waals surface area (Å²) in [5.74, 6) is 1.46. The Bertz CT molecular complexity index is 1030. The van der Waals surface area contributed by atoms with E-state index in [1.807, 2.05) is 30.7 Å². The monoisotopic (exact) mass is 398 g/mol. The van der Waals surface area contributed by atoms with Crippen LogP contribution in [0.25, 0.3) is 11.0 Å². The average molecular weight is 398 g/mol. The summed E-state index contributed by atoms with van der Waals surface area (Å²) in [7, 11) is 6.42. The van der Waals surface area contributed by atoms with E-state index < -0.39 is 0 Å². The van der Waals surface area contributed by atoms with E-state index in [4.69, 9.17) is 14.2 Å². The molecule has 0 saturated heterocycles. The number of amides is 1. The molecule has 0 spiro atoms. The van der Waals surface area contributed by atoms with Crippen LogP contribution < -0.4 is 14.2 Å². The molecule has 154 valence electrons. The van der Waals surface area contributed by atoms with Gasteiger partial charge in [-0.25, -0.2) is 9.67 Å². The van der Waals surface area contributed by atoms with Crippen molar-refractivity contribution < 1.29 is 19.0 Å². The number of rotatable bonds is 7. The van der Waals surface area contributed by atoms with E-state index in [0.29, 0.717) is 29.4 Å². The minimum Gasteiger partial charge on any atom is -0.493 e. The second kappa shape index (κ2) is 8.38. The number of pyridine rings is 1. The van der Waals surface area contributed by atoms with Gasteiger partial charge >= 0.3 is 0 Å². The zero-order valence-corrected chi connectivity index (χ0v) is 17.6. The van der Waals surface area contributed by atoms with Crippen LogP contribution in [-0.2, 0) is 6.54 Å². The van der Waals surface area contributed by atoms with E-state index >= 15 is 0 Å². The molecule has 29 heavy (non-hydrogen) atoms. The molecule has 2 heterocycles. The maximum Gasteiger partial charge on any atom is 0.255 e. The van der Waals surface area contributed by atoms with E-state index in [-0.39, 0.29) is 11.9 Å². The van der Waals surface area contributed by atoms with Crippen LogP contribution in [-0.4, -0.2) is 53.9 Å². The SMILES string of the molecule is COc1ccc(CN(C)C(=O)c2cnc3c(cnn3C(C)C)c2)c(OC)c1OC. The number of hydrogen-bond acceptors (Lipinski definition) is 6. The lowest BCUT2D eigenvalue weighted by Crippen LogP contribution is -2.26. The minimum absolute atomic E-state index is 0.145. The molecule has 0 fully saturated rings. The van der Waals surface area contributed by atoms with Crippen molar-refractivity contribution in [3.05, 3.63) is 41.7 Å². The average Bonchev–Trinajstić information content (AvgIpc) is 3.16. The molecule has 0 radical (unpaired) electrons. The smallest absolute Gasteiger partial charge is 0.255 e. The molecular formula is C21H26N4O4. The number of fused-ring (bicyclic) bond motifs is 1. The summed E-state index contributed by atoms with van der Waals surface area (Å²) in [4.78, 5) is 19.0. The maximum absolute atomic E-state index is 13.0. The molecule has 8 nitrogen and oxygen atoms in total. The zero-order valence-electron chi connectivity index (χ0n) is 17.6. The third-order valence-corrected chi connectivity index (χ3v) is 4.71. The summed E-state index contributed by atoms with van der Waals surface area (Å²) < 4.78 is 18.1. The van der Waals surface area contributed by atoms with Crippen LogP contribution in [0.3, 0.4) is 0 Å². The Morgan fingerprint density at radius 2 is 1.83 bits per heavy atom. The Balaban J connectivity index is 1.87. The second-order valence-electron chi connectivity index (χ2n) is 6.97. The van der Waals surface area contributed by atoms with Gasteiger partial charge in [-0.15, -0.1) is 0 Å². The first-order chi connectivity index (χ1) is 13.9. The number of carbonyl (C=O) groups excluding carboxylic acids is 1. The fourth-order valence-electron chi connectivity index (χ4n) is 3.27. The van der Waals surface area contributed by atoms with Crippen LogP contribution in [0.4, 0.5) is 0 Å². The highest BCUT2D eigenvalue weighted by molar-refractivity contribution is 5.96. The number of nitrogens with zero attached hydrogens (tertiary/aromatic N) is 4. The highest BCUT2D eigenvalue weighted by Gasteiger charge is 2.20. The Hall–Kier alpha value is -3.29. The van der Waals surface area contributed by atoms with Crippen LogP contribution >= 0.6 is 0 Å². The Morgan fingerprint density at radius 3 is 2.45 bits per heavy atom. The van der Waals surface area contributed by atoms with Crippen molar-refractivity contribution in [1.82, 2.24) is 19.7 Å². The first kappa shape index (κ1) is 20.4. The van der Waals surface area contributed by atoms with Crippen LogP contribution in [0.15, 0.2) is 30.6 Å². The predicted molar refractivity (Wildman–Crippen MR) is 110 cm³/mol. The molecule has 3 rings (SSSR count). The van der Waals surface area contributed by atoms with E-state index in [1.54, 1.807) is 51.7 Å². The zero-order chi connectivity index (χ0) is 21.1. The van der Waals surface area contributed by atoms with E-state index in [1.165, 1.54) is 0 Å². The molecule has 0 N–H and O–H groups in total. The number of carbonyl (C=O) groups is 1. The first-order valence-corrected chi connectivity index (χ1v) is 9.27. The van der Waals surface area contributed by atoms with Crippen molar-refractivity contribution in [2.45, 2.75) is 26.4 Å². The molecule has 0 aliphatic carbocycles. The molecule has 1 amide bonds. The molecule has 3 aromatic rings. The Kier molecular flexibility index (Phi) is 5.91. The lowest BCUT2D eigenvalue weighted by molar-refractivity contribution is 0.0783. The van der Waals surface area contributed by atoms with Gasteiger partial charge < -0.3 is 19.1 Å². The number of methoxy groups -OCH3 is 3. The van der Waals surface area contributed by atoms with Crippen LogP contribution in [0.2, 0.25) is 0 Å². The molecule has 0 bridgehead atoms. The van der Waals surface area contributed by atoms with Crippen molar-refractivity contribution in [3.8, 4) is 17.2 Å². The third kappa shape index (κ3) is 3.83. The van der Waals surface area contributed by atoms with Gasteiger partial charge in [0.15, 0.2) is 17.1 Å². The van der Waals surface area contributed by atoms with Crippen molar-refractivity contribution in [2.24, 2.45) is 0 Å². The van der Waals surface area contributed by atoms with Crippen molar-refractivity contribution in [1.29, 1.82) is 0 Å². The van der Waals surface area contributed by atoms with Crippen LogP contribution in [0.5, 0.6) is 17.2 Å². The molecule has 2 aromatic heterocycles. The van der Waals surface area contributed by atoms with Gasteiger partial charge in [0.05, 0.1) is 33.1 Å². The first-order valence-electron chi connectivity index (χ1n) is 9.27. The maximum atomic E-state index is 13.0. The summed E-state index contributed by atoms with van der Waals surface area (Å²) in [6.07, 6.45) is 3.32. The molecule has 0 saturated carbocycles. The molecule has 8 heteroatoms. The molecule has 0 atom stereocenters. The lowest BCUT2D eigenvalue weighted by Gasteiger charge is -2.21. The predicted octanol–water partition coefficient (Wildman–Crippen LogP) is 3.31. The number of benzene rings is 1. The van der Waals surface area contributed by atoms with Gasteiger partial charge in [-0.1, -0.05) is 0 Å². The Morgan fingerprint density at radius 1 is 1.10 bits per heavy atom. The highest BCUT2D eigenvalue weighted by Crippen LogP contribution is 2.40. The molecule has 0 aliphatic heterocycles. The van der Waals surface area contributed by atoms with Crippen LogP contribution in [0, 0.1) is 0 Å². The van der Waals surface area contributed by atoms with Gasteiger partial charge in [-0.3, -0.25) is 4.79 Å². The third-order valence-electron chi connectivity index (χ3n) is 4.71. The molecular weight excluding hydrogens is 372 g/mol.